The Morgan fingerprint density at radius 3 is 2.82 bits per heavy atom. The average molecular weight is 396 g/mol. The van der Waals surface area contributed by atoms with E-state index >= 15 is 0 Å². The Morgan fingerprint density at radius 2 is 2.18 bits per heavy atom. The van der Waals surface area contributed by atoms with Crippen molar-refractivity contribution in [3.8, 4) is 29.5 Å². The lowest BCUT2D eigenvalue weighted by Crippen LogP contribution is -2.31. The minimum absolute atomic E-state index is 0.0851. The normalized spacial score (nSPS) is 10.4. The van der Waals surface area contributed by atoms with Crippen molar-refractivity contribution in [1.29, 1.82) is 0 Å². The molecule has 0 saturated carbocycles. The van der Waals surface area contributed by atoms with E-state index in [-0.39, 0.29) is 18.9 Å². The number of carbonyl (C=O) groups excluding carboxylic acids is 1. The number of terminal acetylenes is 1. The van der Waals surface area contributed by atoms with Gasteiger partial charge < -0.3 is 14.1 Å². The molecule has 1 N–H and O–H groups in total. The molecule has 0 unspecified atom stereocenters. The zero-order valence-electron chi connectivity index (χ0n) is 15.4. The summed E-state index contributed by atoms with van der Waals surface area (Å²) in [5.41, 5.74) is 0.872. The fourth-order valence-electron chi connectivity index (χ4n) is 2.78. The molecule has 1 amide bonds. The topological polar surface area (TPSA) is 76.3 Å². The lowest BCUT2D eigenvalue weighted by atomic mass is 10.2. The number of hydrogen-bond donors (Lipinski definition) is 1. The summed E-state index contributed by atoms with van der Waals surface area (Å²) in [4.78, 5) is 14.3. The van der Waals surface area contributed by atoms with Crippen molar-refractivity contribution in [2.24, 2.45) is 0 Å². The van der Waals surface area contributed by atoms with Crippen LogP contribution in [0.1, 0.15) is 12.2 Å². The van der Waals surface area contributed by atoms with E-state index in [2.05, 4.69) is 16.1 Å². The molecule has 144 valence electrons. The van der Waals surface area contributed by atoms with Crippen LogP contribution in [0, 0.1) is 17.1 Å². The van der Waals surface area contributed by atoms with Crippen LogP contribution in [0.4, 0.5) is 0 Å². The molecule has 0 aliphatic rings. The van der Waals surface area contributed by atoms with Crippen LogP contribution in [-0.2, 0) is 17.9 Å². The Kier molecular flexibility index (Phi) is 6.29. The minimum atomic E-state index is -0.0851. The van der Waals surface area contributed by atoms with Gasteiger partial charge in [-0.05, 0) is 48.6 Å². The van der Waals surface area contributed by atoms with Crippen molar-refractivity contribution in [1.82, 2.24) is 19.7 Å². The Bertz CT molecular complexity index is 1010. The number of carbonyl (C=O) groups is 1. The highest BCUT2D eigenvalue weighted by molar-refractivity contribution is 7.71. The molecule has 7 nitrogen and oxygen atoms in total. The van der Waals surface area contributed by atoms with E-state index in [4.69, 9.17) is 27.8 Å². The first-order valence-electron chi connectivity index (χ1n) is 8.65. The van der Waals surface area contributed by atoms with Gasteiger partial charge in [-0.15, -0.1) is 6.42 Å². The molecule has 1 aromatic carbocycles. The van der Waals surface area contributed by atoms with Crippen LogP contribution in [-0.4, -0.2) is 39.2 Å². The van der Waals surface area contributed by atoms with Gasteiger partial charge in [0.15, 0.2) is 10.6 Å². The van der Waals surface area contributed by atoms with Crippen molar-refractivity contribution in [2.45, 2.75) is 19.5 Å². The Labute approximate surface area is 167 Å². The maximum Gasteiger partial charge on any atom is 0.225 e. The molecule has 0 saturated heterocycles. The SMILES string of the molecule is C#CCN(Cc1ccco1)C(=O)CCn1c(-c2ccc(OC)cc2)n[nH]c1=S. The van der Waals surface area contributed by atoms with Crippen LogP contribution in [0.2, 0.25) is 0 Å². The molecule has 0 aliphatic heterocycles. The smallest absolute Gasteiger partial charge is 0.225 e. The Morgan fingerprint density at radius 1 is 1.39 bits per heavy atom. The maximum atomic E-state index is 12.7. The first-order valence-corrected chi connectivity index (χ1v) is 9.06. The molecule has 2 heterocycles. The predicted molar refractivity (Wildman–Crippen MR) is 107 cm³/mol. The Hall–Kier alpha value is -3.31. The second kappa shape index (κ2) is 9.06. The number of H-pyrrole nitrogens is 1. The lowest BCUT2D eigenvalue weighted by Gasteiger charge is -2.19. The fraction of sp³-hybridized carbons (Fsp3) is 0.250. The first-order chi connectivity index (χ1) is 13.6. The molecule has 0 aliphatic carbocycles. The number of nitrogens with zero attached hydrogens (tertiary/aromatic N) is 3. The molecule has 8 heteroatoms. The summed E-state index contributed by atoms with van der Waals surface area (Å²) in [5, 5.41) is 7.09. The third-order valence-corrected chi connectivity index (χ3v) is 4.53. The summed E-state index contributed by atoms with van der Waals surface area (Å²) in [7, 11) is 1.61. The summed E-state index contributed by atoms with van der Waals surface area (Å²) in [6.45, 7) is 0.925. The summed E-state index contributed by atoms with van der Waals surface area (Å²) >= 11 is 5.33. The van der Waals surface area contributed by atoms with E-state index in [1.165, 1.54) is 0 Å². The summed E-state index contributed by atoms with van der Waals surface area (Å²) < 4.78 is 12.8. The monoisotopic (exact) mass is 396 g/mol. The van der Waals surface area contributed by atoms with Crippen molar-refractivity contribution < 1.29 is 13.9 Å². The van der Waals surface area contributed by atoms with Crippen molar-refractivity contribution in [2.75, 3.05) is 13.7 Å². The zero-order valence-corrected chi connectivity index (χ0v) is 16.2. The van der Waals surface area contributed by atoms with E-state index in [9.17, 15) is 4.79 Å². The number of furan rings is 1. The highest BCUT2D eigenvalue weighted by atomic mass is 32.1. The highest BCUT2D eigenvalue weighted by Gasteiger charge is 2.16. The molecule has 3 rings (SSSR count). The number of nitrogens with one attached hydrogen (secondary N) is 1. The standard InChI is InChI=1S/C20H20N4O3S/c1-3-11-23(14-17-5-4-13-27-17)18(25)10-12-24-19(21-22-20(24)28)15-6-8-16(26-2)9-7-15/h1,4-9,13H,10-12,14H2,2H3,(H,22,28). The second-order valence-corrected chi connectivity index (χ2v) is 6.40. The van der Waals surface area contributed by atoms with Gasteiger partial charge >= 0.3 is 0 Å². The van der Waals surface area contributed by atoms with Crippen molar-refractivity contribution >= 4 is 18.1 Å². The molecule has 28 heavy (non-hydrogen) atoms. The molecular weight excluding hydrogens is 376 g/mol. The number of benzene rings is 1. The number of amides is 1. The van der Waals surface area contributed by atoms with E-state index in [0.29, 0.717) is 29.4 Å². The first kappa shape index (κ1) is 19.5. The van der Waals surface area contributed by atoms with Crippen LogP contribution in [0.3, 0.4) is 0 Å². The molecule has 0 fully saturated rings. The lowest BCUT2D eigenvalue weighted by molar-refractivity contribution is -0.131. The molecule has 0 atom stereocenters. The van der Waals surface area contributed by atoms with Gasteiger partial charge in [0.05, 0.1) is 26.5 Å². The van der Waals surface area contributed by atoms with Gasteiger partial charge in [0.2, 0.25) is 5.91 Å². The van der Waals surface area contributed by atoms with E-state index < -0.39 is 0 Å². The molecule has 0 spiro atoms. The van der Waals surface area contributed by atoms with Crippen molar-refractivity contribution in [3.05, 3.63) is 53.2 Å². The van der Waals surface area contributed by atoms with Crippen LogP contribution in [0.25, 0.3) is 11.4 Å². The highest BCUT2D eigenvalue weighted by Crippen LogP contribution is 2.21. The van der Waals surface area contributed by atoms with Crippen LogP contribution >= 0.6 is 12.2 Å². The zero-order chi connectivity index (χ0) is 19.9. The quantitative estimate of drug-likeness (QED) is 0.467. The number of rotatable bonds is 8. The molecule has 2 aromatic heterocycles. The maximum absolute atomic E-state index is 12.7. The predicted octanol–water partition coefficient (Wildman–Crippen LogP) is 3.26. The number of methoxy groups -OCH3 is 1. The van der Waals surface area contributed by atoms with Crippen LogP contribution in [0.5, 0.6) is 5.75 Å². The summed E-state index contributed by atoms with van der Waals surface area (Å²) in [6, 6.07) is 11.1. The summed E-state index contributed by atoms with van der Waals surface area (Å²) in [6.07, 6.45) is 7.22. The molecule has 0 radical (unpaired) electrons. The van der Waals surface area contributed by atoms with Crippen LogP contribution < -0.4 is 4.74 Å². The van der Waals surface area contributed by atoms with Gasteiger partial charge in [0.1, 0.15) is 11.5 Å². The number of ether oxygens (including phenoxy) is 1. The molecular formula is C20H20N4O3S. The third-order valence-electron chi connectivity index (χ3n) is 4.22. The van der Waals surface area contributed by atoms with Gasteiger partial charge in [-0.25, -0.2) is 0 Å². The van der Waals surface area contributed by atoms with Gasteiger partial charge in [0, 0.05) is 18.5 Å². The van der Waals surface area contributed by atoms with Gasteiger partial charge in [-0.3, -0.25) is 14.5 Å². The number of hydrogen-bond acceptors (Lipinski definition) is 5. The van der Waals surface area contributed by atoms with E-state index in [1.54, 1.807) is 28.9 Å². The largest absolute Gasteiger partial charge is 0.497 e. The second-order valence-electron chi connectivity index (χ2n) is 6.02. The molecule has 3 aromatic rings. The number of aromatic nitrogens is 3. The summed E-state index contributed by atoms with van der Waals surface area (Å²) in [5.74, 6) is 4.53. The number of aromatic amines is 1. The van der Waals surface area contributed by atoms with E-state index in [1.807, 2.05) is 30.3 Å². The van der Waals surface area contributed by atoms with Gasteiger partial charge in [-0.2, -0.15) is 5.10 Å². The average Bonchev–Trinajstić information content (AvgIpc) is 3.35. The van der Waals surface area contributed by atoms with Gasteiger partial charge in [0.25, 0.3) is 0 Å². The van der Waals surface area contributed by atoms with Gasteiger partial charge in [-0.1, -0.05) is 5.92 Å². The van der Waals surface area contributed by atoms with Crippen molar-refractivity contribution in [3.63, 3.8) is 0 Å². The van der Waals surface area contributed by atoms with Crippen LogP contribution in [0.15, 0.2) is 47.1 Å². The Balaban J connectivity index is 1.72. The minimum Gasteiger partial charge on any atom is -0.497 e. The third kappa shape index (κ3) is 4.50. The van der Waals surface area contributed by atoms with E-state index in [0.717, 1.165) is 11.3 Å². The molecule has 0 bridgehead atoms. The fourth-order valence-corrected chi connectivity index (χ4v) is 3.01.